The number of benzene rings is 2. The van der Waals surface area contributed by atoms with Crippen LogP contribution in [0.4, 0.5) is 5.69 Å². The maximum Gasteiger partial charge on any atom is 0.326 e. The van der Waals surface area contributed by atoms with Crippen molar-refractivity contribution in [1.29, 1.82) is 0 Å². The van der Waals surface area contributed by atoms with Gasteiger partial charge in [-0.2, -0.15) is 0 Å². The monoisotopic (exact) mass is 337 g/mol. The number of carbonyl (C=O) groups excluding carboxylic acids is 1. The van der Waals surface area contributed by atoms with Gasteiger partial charge in [0.25, 0.3) is 5.91 Å². The fourth-order valence-corrected chi connectivity index (χ4v) is 2.86. The molecule has 0 aromatic heterocycles. The molecule has 0 aliphatic carbocycles. The van der Waals surface area contributed by atoms with Gasteiger partial charge in [0.05, 0.1) is 5.69 Å². The molecule has 2 aromatic carbocycles. The maximum absolute atomic E-state index is 13.0. The van der Waals surface area contributed by atoms with Crippen LogP contribution in [0.3, 0.4) is 0 Å². The van der Waals surface area contributed by atoms with Crippen LogP contribution < -0.4 is 9.64 Å². The maximum atomic E-state index is 13.0. The van der Waals surface area contributed by atoms with E-state index in [4.69, 9.17) is 4.74 Å². The van der Waals surface area contributed by atoms with Crippen LogP contribution in [0.2, 0.25) is 0 Å². The fourth-order valence-electron chi connectivity index (χ4n) is 2.86. The Kier molecular flexibility index (Phi) is 4.57. The van der Waals surface area contributed by atoms with E-state index < -0.39 is 17.9 Å². The number of fused-ring (bicyclic) bond motifs is 1. The highest BCUT2D eigenvalue weighted by molar-refractivity contribution is 6.12. The molecule has 25 heavy (non-hydrogen) atoms. The summed E-state index contributed by atoms with van der Waals surface area (Å²) in [5.41, 5.74) is 2.23. The van der Waals surface area contributed by atoms with Crippen molar-refractivity contribution in [3.05, 3.63) is 65.4 Å². The van der Waals surface area contributed by atoms with E-state index in [1.807, 2.05) is 43.3 Å². The molecule has 5 nitrogen and oxygen atoms in total. The Hall–Kier alpha value is -3.08. The number of hydrogen-bond acceptors (Lipinski definition) is 3. The van der Waals surface area contributed by atoms with Crippen molar-refractivity contribution in [3.63, 3.8) is 0 Å². The largest absolute Gasteiger partial charge is 0.480 e. The smallest absolute Gasteiger partial charge is 0.326 e. The normalized spacial score (nSPS) is 16.3. The van der Waals surface area contributed by atoms with E-state index in [2.05, 4.69) is 0 Å². The third kappa shape index (κ3) is 3.26. The Morgan fingerprint density at radius 3 is 2.60 bits per heavy atom. The minimum atomic E-state index is -1.04. The standard InChI is InChI=1S/C20H19NO4/c1-3-15(20(23)24)21-16-11-13(2)9-10-17(16)25-18(19(21)22)12-14-7-5-4-6-8-14/h4-12,15H,3H2,1-2H3,(H,23,24)/b18-12+. The lowest BCUT2D eigenvalue weighted by molar-refractivity contribution is -0.140. The highest BCUT2D eigenvalue weighted by atomic mass is 16.5. The molecule has 1 N–H and O–H groups in total. The summed E-state index contributed by atoms with van der Waals surface area (Å²) in [5.74, 6) is -0.894. The van der Waals surface area contributed by atoms with Crippen LogP contribution in [0.1, 0.15) is 24.5 Å². The van der Waals surface area contributed by atoms with Gasteiger partial charge in [-0.15, -0.1) is 0 Å². The van der Waals surface area contributed by atoms with Gasteiger partial charge in [0, 0.05) is 0 Å². The molecule has 2 aromatic rings. The van der Waals surface area contributed by atoms with E-state index in [1.165, 1.54) is 4.90 Å². The highest BCUT2D eigenvalue weighted by Gasteiger charge is 2.37. The van der Waals surface area contributed by atoms with Crippen molar-refractivity contribution in [2.24, 2.45) is 0 Å². The van der Waals surface area contributed by atoms with Gasteiger partial charge in [0.2, 0.25) is 0 Å². The van der Waals surface area contributed by atoms with Gasteiger partial charge in [-0.05, 0) is 42.7 Å². The summed E-state index contributed by atoms with van der Waals surface area (Å²) < 4.78 is 5.78. The molecule has 0 saturated heterocycles. The van der Waals surface area contributed by atoms with Crippen molar-refractivity contribution in [1.82, 2.24) is 0 Å². The number of amides is 1. The molecule has 0 bridgehead atoms. The molecule has 0 spiro atoms. The van der Waals surface area contributed by atoms with Crippen LogP contribution in [-0.4, -0.2) is 23.0 Å². The molecule has 0 fully saturated rings. The van der Waals surface area contributed by atoms with E-state index in [-0.39, 0.29) is 5.76 Å². The number of hydrogen-bond donors (Lipinski definition) is 1. The molecule has 1 aliphatic rings. The van der Waals surface area contributed by atoms with E-state index in [1.54, 1.807) is 25.1 Å². The molecule has 1 amide bonds. The zero-order valence-electron chi connectivity index (χ0n) is 14.1. The van der Waals surface area contributed by atoms with Crippen LogP contribution in [-0.2, 0) is 9.59 Å². The number of carboxylic acids is 1. The molecule has 1 heterocycles. The van der Waals surface area contributed by atoms with Gasteiger partial charge >= 0.3 is 5.97 Å². The second kappa shape index (κ2) is 6.81. The predicted molar refractivity (Wildman–Crippen MR) is 95.4 cm³/mol. The second-order valence-corrected chi connectivity index (χ2v) is 5.93. The van der Waals surface area contributed by atoms with Crippen molar-refractivity contribution in [2.75, 3.05) is 4.90 Å². The predicted octanol–water partition coefficient (Wildman–Crippen LogP) is 3.62. The van der Waals surface area contributed by atoms with Crippen LogP contribution in [0.25, 0.3) is 6.08 Å². The summed E-state index contributed by atoms with van der Waals surface area (Å²) >= 11 is 0. The summed E-state index contributed by atoms with van der Waals surface area (Å²) in [7, 11) is 0. The molecule has 128 valence electrons. The minimum absolute atomic E-state index is 0.113. The van der Waals surface area contributed by atoms with Gasteiger partial charge in [-0.1, -0.05) is 43.3 Å². The van der Waals surface area contributed by atoms with Crippen LogP contribution in [0.15, 0.2) is 54.3 Å². The Balaban J connectivity index is 2.12. The number of aliphatic carboxylic acids is 1. The SMILES string of the molecule is CCC(C(=O)O)N1C(=O)/C(=C\c2ccccc2)Oc2ccc(C)cc21. The zero-order chi connectivity index (χ0) is 18.0. The molecule has 1 aliphatic heterocycles. The van der Waals surface area contributed by atoms with Crippen molar-refractivity contribution in [2.45, 2.75) is 26.3 Å². The van der Waals surface area contributed by atoms with E-state index in [9.17, 15) is 14.7 Å². The van der Waals surface area contributed by atoms with E-state index >= 15 is 0 Å². The van der Waals surface area contributed by atoms with Gasteiger partial charge < -0.3 is 9.84 Å². The van der Waals surface area contributed by atoms with Crippen LogP contribution in [0, 0.1) is 6.92 Å². The minimum Gasteiger partial charge on any atom is -0.480 e. The summed E-state index contributed by atoms with van der Waals surface area (Å²) in [5, 5.41) is 9.56. The number of ether oxygens (including phenoxy) is 1. The molecule has 0 saturated carbocycles. The number of nitrogens with zero attached hydrogens (tertiary/aromatic N) is 1. The first-order valence-electron chi connectivity index (χ1n) is 8.13. The fraction of sp³-hybridized carbons (Fsp3) is 0.200. The molecule has 0 radical (unpaired) electrons. The number of anilines is 1. The Morgan fingerprint density at radius 2 is 1.96 bits per heavy atom. The molecule has 3 rings (SSSR count). The molecular weight excluding hydrogens is 318 g/mol. The molecule has 1 atom stereocenters. The first-order chi connectivity index (χ1) is 12.0. The van der Waals surface area contributed by atoms with Crippen LogP contribution >= 0.6 is 0 Å². The first kappa shape index (κ1) is 16.8. The van der Waals surface area contributed by atoms with Gasteiger partial charge in [-0.3, -0.25) is 9.69 Å². The topological polar surface area (TPSA) is 66.8 Å². The van der Waals surface area contributed by atoms with Gasteiger partial charge in [0.15, 0.2) is 11.5 Å². The van der Waals surface area contributed by atoms with E-state index in [0.717, 1.165) is 11.1 Å². The Labute approximate surface area is 146 Å². The van der Waals surface area contributed by atoms with Gasteiger partial charge in [0.1, 0.15) is 6.04 Å². The summed E-state index contributed by atoms with van der Waals surface area (Å²) in [6, 6.07) is 13.8. The lowest BCUT2D eigenvalue weighted by atomic mass is 10.1. The summed E-state index contributed by atoms with van der Waals surface area (Å²) in [4.78, 5) is 26.0. The highest BCUT2D eigenvalue weighted by Crippen LogP contribution is 2.38. The van der Waals surface area contributed by atoms with Crippen molar-refractivity contribution >= 4 is 23.6 Å². The Morgan fingerprint density at radius 1 is 1.24 bits per heavy atom. The number of carboxylic acid groups (broad SMARTS) is 1. The quantitative estimate of drug-likeness (QED) is 0.865. The molecule has 5 heteroatoms. The number of carbonyl (C=O) groups is 2. The second-order valence-electron chi connectivity index (χ2n) is 5.93. The molecular formula is C20H19NO4. The summed E-state index contributed by atoms with van der Waals surface area (Å²) in [6.45, 7) is 3.64. The van der Waals surface area contributed by atoms with Crippen molar-refractivity contribution < 1.29 is 19.4 Å². The Bertz CT molecular complexity index is 842. The van der Waals surface area contributed by atoms with Gasteiger partial charge in [-0.25, -0.2) is 4.79 Å². The summed E-state index contributed by atoms with van der Waals surface area (Å²) in [6.07, 6.45) is 1.93. The lowest BCUT2D eigenvalue weighted by Crippen LogP contribution is -2.48. The average molecular weight is 337 g/mol. The average Bonchev–Trinajstić information content (AvgIpc) is 2.59. The van der Waals surface area contributed by atoms with E-state index in [0.29, 0.717) is 17.9 Å². The van der Waals surface area contributed by atoms with Crippen molar-refractivity contribution in [3.8, 4) is 5.75 Å². The number of aryl methyl sites for hydroxylation is 1. The number of rotatable bonds is 4. The zero-order valence-corrected chi connectivity index (χ0v) is 14.1. The molecule has 1 unspecified atom stereocenters. The lowest BCUT2D eigenvalue weighted by Gasteiger charge is -2.34. The third-order valence-electron chi connectivity index (χ3n) is 4.10. The first-order valence-corrected chi connectivity index (χ1v) is 8.13. The van der Waals surface area contributed by atoms with Crippen LogP contribution in [0.5, 0.6) is 5.75 Å². The third-order valence-corrected chi connectivity index (χ3v) is 4.10.